The summed E-state index contributed by atoms with van der Waals surface area (Å²) < 4.78 is 1.52. The molecule has 1 aromatic carbocycles. The number of nitrogens with one attached hydrogen (secondary N) is 1. The molecule has 7 heteroatoms. The van der Waals surface area contributed by atoms with Crippen LogP contribution in [0.15, 0.2) is 24.4 Å². The van der Waals surface area contributed by atoms with E-state index in [4.69, 9.17) is 11.6 Å². The van der Waals surface area contributed by atoms with Crippen LogP contribution in [0.5, 0.6) is 0 Å². The van der Waals surface area contributed by atoms with Gasteiger partial charge in [-0.15, -0.1) is 0 Å². The molecule has 0 amide bonds. The van der Waals surface area contributed by atoms with E-state index in [0.29, 0.717) is 22.1 Å². The first-order chi connectivity index (χ1) is 8.51. The Kier molecular flexibility index (Phi) is 3.20. The van der Waals surface area contributed by atoms with Crippen molar-refractivity contribution in [3.63, 3.8) is 0 Å². The second kappa shape index (κ2) is 4.66. The third kappa shape index (κ3) is 2.28. The number of hydrogen-bond acceptors (Lipinski definition) is 4. The van der Waals surface area contributed by atoms with Crippen LogP contribution >= 0.6 is 11.6 Å². The summed E-state index contributed by atoms with van der Waals surface area (Å²) in [7, 11) is 1.70. The molecule has 0 saturated carbocycles. The first-order valence-corrected chi connectivity index (χ1v) is 5.58. The van der Waals surface area contributed by atoms with Crippen LogP contribution in [0.4, 0.5) is 11.4 Å². The fraction of sp³-hybridized carbons (Fsp3) is 0.182. The number of hydrogen-bond donors (Lipinski definition) is 1. The fourth-order valence-electron chi connectivity index (χ4n) is 1.55. The second-order valence-electron chi connectivity index (χ2n) is 3.75. The highest BCUT2D eigenvalue weighted by Crippen LogP contribution is 2.24. The van der Waals surface area contributed by atoms with Crippen molar-refractivity contribution in [3.8, 4) is 5.69 Å². The highest BCUT2D eigenvalue weighted by Gasteiger charge is 2.12. The lowest BCUT2D eigenvalue weighted by Gasteiger charge is -2.05. The van der Waals surface area contributed by atoms with E-state index >= 15 is 0 Å². The van der Waals surface area contributed by atoms with E-state index < -0.39 is 4.92 Å². The Hall–Kier alpha value is -2.08. The molecule has 0 bridgehead atoms. The van der Waals surface area contributed by atoms with Crippen LogP contribution < -0.4 is 5.32 Å². The van der Waals surface area contributed by atoms with Gasteiger partial charge in [-0.05, 0) is 13.0 Å². The van der Waals surface area contributed by atoms with Gasteiger partial charge in [0, 0.05) is 31.1 Å². The molecule has 1 aromatic heterocycles. The molecule has 2 rings (SSSR count). The second-order valence-corrected chi connectivity index (χ2v) is 4.16. The lowest BCUT2D eigenvalue weighted by Crippen LogP contribution is -1.99. The van der Waals surface area contributed by atoms with Gasteiger partial charge in [-0.2, -0.15) is 5.10 Å². The van der Waals surface area contributed by atoms with Crippen molar-refractivity contribution in [1.82, 2.24) is 9.78 Å². The third-order valence-corrected chi connectivity index (χ3v) is 2.88. The van der Waals surface area contributed by atoms with Crippen LogP contribution in [0.1, 0.15) is 5.69 Å². The maximum Gasteiger partial charge on any atom is 0.273 e. The molecule has 0 aliphatic heterocycles. The van der Waals surface area contributed by atoms with E-state index in [1.54, 1.807) is 26.2 Å². The van der Waals surface area contributed by atoms with Crippen molar-refractivity contribution in [2.24, 2.45) is 0 Å². The van der Waals surface area contributed by atoms with Gasteiger partial charge in [-0.25, -0.2) is 4.68 Å². The Labute approximate surface area is 108 Å². The zero-order chi connectivity index (χ0) is 13.3. The summed E-state index contributed by atoms with van der Waals surface area (Å²) in [5.41, 5.74) is 1.90. The van der Waals surface area contributed by atoms with Crippen molar-refractivity contribution in [2.75, 3.05) is 12.4 Å². The lowest BCUT2D eigenvalue weighted by molar-refractivity contribution is -0.384. The number of aromatic nitrogens is 2. The van der Waals surface area contributed by atoms with Crippen molar-refractivity contribution >= 4 is 23.0 Å². The molecule has 0 radical (unpaired) electrons. The third-order valence-electron chi connectivity index (χ3n) is 2.51. The quantitative estimate of drug-likeness (QED) is 0.685. The molecule has 0 aliphatic carbocycles. The minimum Gasteiger partial charge on any atom is -0.388 e. The maximum atomic E-state index is 10.8. The van der Waals surface area contributed by atoms with Gasteiger partial charge in [0.05, 0.1) is 21.3 Å². The zero-order valence-corrected chi connectivity index (χ0v) is 10.6. The van der Waals surface area contributed by atoms with Gasteiger partial charge < -0.3 is 5.32 Å². The molecule has 0 saturated heterocycles. The zero-order valence-electron chi connectivity index (χ0n) is 9.85. The van der Waals surface area contributed by atoms with Gasteiger partial charge in [0.25, 0.3) is 5.69 Å². The maximum absolute atomic E-state index is 10.8. The molecule has 6 nitrogen and oxygen atoms in total. The number of nitrogens with zero attached hydrogens (tertiary/aromatic N) is 3. The number of rotatable bonds is 3. The number of nitro groups is 1. The molecule has 94 valence electrons. The minimum absolute atomic E-state index is 0.00104. The van der Waals surface area contributed by atoms with Gasteiger partial charge >= 0.3 is 0 Å². The van der Waals surface area contributed by atoms with Crippen LogP contribution in [0.3, 0.4) is 0 Å². The predicted molar refractivity (Wildman–Crippen MR) is 69.5 cm³/mol. The molecular formula is C11H11ClN4O2. The Morgan fingerprint density at radius 1 is 1.44 bits per heavy atom. The van der Waals surface area contributed by atoms with E-state index in [9.17, 15) is 10.1 Å². The van der Waals surface area contributed by atoms with Gasteiger partial charge in [0.2, 0.25) is 0 Å². The van der Waals surface area contributed by atoms with E-state index in [0.717, 1.165) is 0 Å². The van der Waals surface area contributed by atoms with Crippen LogP contribution in [0.25, 0.3) is 5.69 Å². The van der Waals surface area contributed by atoms with Crippen LogP contribution in [0, 0.1) is 17.0 Å². The average Bonchev–Trinajstić information content (AvgIpc) is 2.69. The van der Waals surface area contributed by atoms with Crippen molar-refractivity contribution in [2.45, 2.75) is 6.92 Å². The molecule has 1 heterocycles. The van der Waals surface area contributed by atoms with Gasteiger partial charge in [-0.1, -0.05) is 11.6 Å². The van der Waals surface area contributed by atoms with Gasteiger partial charge in [0.1, 0.15) is 0 Å². The molecular weight excluding hydrogens is 256 g/mol. The minimum atomic E-state index is -0.442. The van der Waals surface area contributed by atoms with Gasteiger partial charge in [-0.3, -0.25) is 10.1 Å². The normalized spacial score (nSPS) is 10.4. The first kappa shape index (κ1) is 12.4. The highest BCUT2D eigenvalue weighted by atomic mass is 35.5. The summed E-state index contributed by atoms with van der Waals surface area (Å²) in [4.78, 5) is 10.4. The molecule has 0 spiro atoms. The molecule has 0 unspecified atom stereocenters. The number of nitro benzene ring substituents is 1. The largest absolute Gasteiger partial charge is 0.388 e. The van der Waals surface area contributed by atoms with Crippen molar-refractivity contribution < 1.29 is 4.92 Å². The van der Waals surface area contributed by atoms with Crippen LogP contribution in [-0.4, -0.2) is 21.8 Å². The molecule has 0 aliphatic rings. The number of non-ortho nitro benzene ring substituents is 1. The smallest absolute Gasteiger partial charge is 0.273 e. The van der Waals surface area contributed by atoms with Crippen LogP contribution in [-0.2, 0) is 0 Å². The molecule has 0 fully saturated rings. The van der Waals surface area contributed by atoms with Crippen molar-refractivity contribution in [1.29, 1.82) is 0 Å². The Bertz CT molecular complexity index is 590. The fourth-order valence-corrected chi connectivity index (χ4v) is 1.68. The van der Waals surface area contributed by atoms with Crippen LogP contribution in [0.2, 0.25) is 5.02 Å². The molecule has 0 atom stereocenters. The Morgan fingerprint density at radius 3 is 2.67 bits per heavy atom. The summed E-state index contributed by atoms with van der Waals surface area (Å²) in [6.07, 6.45) is 1.62. The molecule has 18 heavy (non-hydrogen) atoms. The standard InChI is InChI=1S/C11H11ClN4O2/c1-7-11(12)6-15(14-7)9-3-8(13-2)4-10(5-9)16(17)18/h3-6,13H,1-2H3. The SMILES string of the molecule is CNc1cc(-n2cc(Cl)c(C)n2)cc([N+](=O)[O-])c1. The molecule has 2 aromatic rings. The first-order valence-electron chi connectivity index (χ1n) is 5.20. The van der Waals surface area contributed by atoms with E-state index in [-0.39, 0.29) is 5.69 Å². The predicted octanol–water partition coefficient (Wildman–Crippen LogP) is 2.78. The lowest BCUT2D eigenvalue weighted by atomic mass is 10.2. The summed E-state index contributed by atoms with van der Waals surface area (Å²) in [6, 6.07) is 4.67. The van der Waals surface area contributed by atoms with E-state index in [1.807, 2.05) is 0 Å². The highest BCUT2D eigenvalue weighted by molar-refractivity contribution is 6.31. The molecule has 1 N–H and O–H groups in total. The number of anilines is 1. The summed E-state index contributed by atoms with van der Waals surface area (Å²) in [5.74, 6) is 0. The number of halogens is 1. The topological polar surface area (TPSA) is 73.0 Å². The summed E-state index contributed by atoms with van der Waals surface area (Å²) >= 11 is 5.92. The summed E-state index contributed by atoms with van der Waals surface area (Å²) in [6.45, 7) is 1.77. The Morgan fingerprint density at radius 2 is 2.17 bits per heavy atom. The van der Waals surface area contributed by atoms with E-state index in [2.05, 4.69) is 10.4 Å². The van der Waals surface area contributed by atoms with Gasteiger partial charge in [0.15, 0.2) is 0 Å². The monoisotopic (exact) mass is 266 g/mol. The number of aryl methyl sites for hydroxylation is 1. The number of benzene rings is 1. The van der Waals surface area contributed by atoms with E-state index in [1.165, 1.54) is 16.8 Å². The Balaban J connectivity index is 2.56. The van der Waals surface area contributed by atoms with Crippen molar-refractivity contribution in [3.05, 3.63) is 45.2 Å². The summed E-state index contributed by atoms with van der Waals surface area (Å²) in [5, 5.41) is 18.4. The average molecular weight is 267 g/mol.